The van der Waals surface area contributed by atoms with Crippen LogP contribution in [-0.4, -0.2) is 47.2 Å². The maximum Gasteiger partial charge on any atom is 0.255 e. The van der Waals surface area contributed by atoms with Gasteiger partial charge in [-0.25, -0.2) is 9.97 Å². The van der Waals surface area contributed by atoms with Crippen LogP contribution in [0.3, 0.4) is 0 Å². The molecule has 0 atom stereocenters. The summed E-state index contributed by atoms with van der Waals surface area (Å²) in [6.45, 7) is 6.19. The molecule has 0 spiro atoms. The van der Waals surface area contributed by atoms with E-state index < -0.39 is 0 Å². The highest BCUT2D eigenvalue weighted by molar-refractivity contribution is 5.92. The summed E-state index contributed by atoms with van der Waals surface area (Å²) >= 11 is 0. The van der Waals surface area contributed by atoms with E-state index in [1.54, 1.807) is 32.0 Å². The number of aromatic nitrogens is 3. The van der Waals surface area contributed by atoms with E-state index in [0.29, 0.717) is 67.1 Å². The fourth-order valence-electron chi connectivity index (χ4n) is 3.39. The number of amides is 1. The number of rotatable bonds is 5. The molecule has 0 radical (unpaired) electrons. The molecule has 3 aromatic rings. The number of ether oxygens (including phenoxy) is 1. The van der Waals surface area contributed by atoms with Crippen LogP contribution in [0, 0.1) is 13.8 Å². The lowest BCUT2D eigenvalue weighted by molar-refractivity contribution is -0.116. The van der Waals surface area contributed by atoms with Crippen LogP contribution >= 0.6 is 0 Å². The SMILES string of the molecule is Cc1nc2ccc(NC(=O)CCc3c(C)nc(N4CCOCC4)[nH]c3=O)cc2o1. The molecule has 3 heterocycles. The van der Waals surface area contributed by atoms with Crippen LogP contribution < -0.4 is 15.8 Å². The van der Waals surface area contributed by atoms with Gasteiger partial charge in [-0.1, -0.05) is 0 Å². The van der Waals surface area contributed by atoms with Crippen molar-refractivity contribution in [2.75, 3.05) is 36.5 Å². The van der Waals surface area contributed by atoms with Gasteiger partial charge in [0.25, 0.3) is 5.56 Å². The maximum absolute atomic E-state index is 12.5. The van der Waals surface area contributed by atoms with Crippen molar-refractivity contribution in [2.45, 2.75) is 26.7 Å². The molecule has 29 heavy (non-hydrogen) atoms. The van der Waals surface area contributed by atoms with E-state index in [1.807, 2.05) is 4.90 Å². The minimum Gasteiger partial charge on any atom is -0.441 e. The molecule has 9 nitrogen and oxygen atoms in total. The summed E-state index contributed by atoms with van der Waals surface area (Å²) in [7, 11) is 0. The topological polar surface area (TPSA) is 113 Å². The minimum absolute atomic E-state index is 0.177. The predicted molar refractivity (Wildman–Crippen MR) is 108 cm³/mol. The standard InChI is InChI=1S/C20H23N5O4/c1-12-15(19(27)24-20(21-12)25-7-9-28-10-8-25)4-6-18(26)23-14-3-5-16-17(11-14)29-13(2)22-16/h3,5,11H,4,6-10H2,1-2H3,(H,23,26)(H,21,24,27). The molecule has 0 bridgehead atoms. The van der Waals surface area contributed by atoms with Crippen molar-refractivity contribution in [3.8, 4) is 0 Å². The number of nitrogens with zero attached hydrogens (tertiary/aromatic N) is 3. The summed E-state index contributed by atoms with van der Waals surface area (Å²) in [6, 6.07) is 5.31. The van der Waals surface area contributed by atoms with E-state index >= 15 is 0 Å². The fraction of sp³-hybridized carbons (Fsp3) is 0.400. The number of H-pyrrole nitrogens is 1. The Balaban J connectivity index is 1.41. The lowest BCUT2D eigenvalue weighted by atomic mass is 10.1. The second-order valence-electron chi connectivity index (χ2n) is 7.02. The Hall–Kier alpha value is -3.20. The Morgan fingerprint density at radius 3 is 2.79 bits per heavy atom. The van der Waals surface area contributed by atoms with Gasteiger partial charge in [0.1, 0.15) is 5.52 Å². The zero-order chi connectivity index (χ0) is 20.4. The number of oxazole rings is 1. The van der Waals surface area contributed by atoms with Crippen LogP contribution in [0.1, 0.15) is 23.6 Å². The number of morpholine rings is 1. The number of aryl methyl sites for hydroxylation is 2. The van der Waals surface area contributed by atoms with Crippen molar-refractivity contribution in [3.63, 3.8) is 0 Å². The molecule has 1 amide bonds. The Morgan fingerprint density at radius 2 is 2.03 bits per heavy atom. The molecule has 1 aliphatic heterocycles. The molecule has 2 aromatic heterocycles. The Morgan fingerprint density at radius 1 is 1.24 bits per heavy atom. The summed E-state index contributed by atoms with van der Waals surface area (Å²) in [4.78, 5) is 38.5. The smallest absolute Gasteiger partial charge is 0.255 e. The predicted octanol–water partition coefficient (Wildman–Crippen LogP) is 1.94. The lowest BCUT2D eigenvalue weighted by Crippen LogP contribution is -2.38. The number of fused-ring (bicyclic) bond motifs is 1. The molecule has 0 aliphatic carbocycles. The van der Waals surface area contributed by atoms with E-state index in [9.17, 15) is 9.59 Å². The van der Waals surface area contributed by atoms with E-state index in [2.05, 4.69) is 20.3 Å². The van der Waals surface area contributed by atoms with Crippen LogP contribution in [-0.2, 0) is 16.0 Å². The van der Waals surface area contributed by atoms with Gasteiger partial charge in [0.15, 0.2) is 11.5 Å². The van der Waals surface area contributed by atoms with Crippen LogP contribution in [0.15, 0.2) is 27.4 Å². The van der Waals surface area contributed by atoms with E-state index in [0.717, 1.165) is 5.52 Å². The second-order valence-corrected chi connectivity index (χ2v) is 7.02. The summed E-state index contributed by atoms with van der Waals surface area (Å²) in [5.74, 6) is 0.947. The first-order chi connectivity index (χ1) is 14.0. The van der Waals surface area contributed by atoms with Crippen molar-refractivity contribution >= 4 is 28.6 Å². The van der Waals surface area contributed by atoms with Crippen molar-refractivity contribution in [1.29, 1.82) is 0 Å². The Labute approximate surface area is 167 Å². The van der Waals surface area contributed by atoms with E-state index in [-0.39, 0.29) is 17.9 Å². The van der Waals surface area contributed by atoms with Crippen molar-refractivity contribution in [1.82, 2.24) is 15.0 Å². The molecular weight excluding hydrogens is 374 g/mol. The maximum atomic E-state index is 12.5. The average molecular weight is 397 g/mol. The minimum atomic E-state index is -0.203. The number of carbonyl (C=O) groups is 1. The number of anilines is 2. The van der Waals surface area contributed by atoms with Gasteiger partial charge in [0.2, 0.25) is 11.9 Å². The second kappa shape index (κ2) is 8.04. The van der Waals surface area contributed by atoms with E-state index in [1.165, 1.54) is 0 Å². The van der Waals surface area contributed by atoms with Gasteiger partial charge >= 0.3 is 0 Å². The number of benzene rings is 1. The van der Waals surface area contributed by atoms with Gasteiger partial charge in [-0.2, -0.15) is 0 Å². The molecule has 4 rings (SSSR count). The van der Waals surface area contributed by atoms with Gasteiger partial charge in [-0.05, 0) is 25.5 Å². The van der Waals surface area contributed by atoms with Crippen LogP contribution in [0.4, 0.5) is 11.6 Å². The molecule has 1 fully saturated rings. The molecule has 1 aliphatic rings. The Bertz CT molecular complexity index is 1100. The highest BCUT2D eigenvalue weighted by atomic mass is 16.5. The molecule has 1 aromatic carbocycles. The Kier molecular flexibility index (Phi) is 5.30. The number of aromatic amines is 1. The molecule has 0 unspecified atom stereocenters. The first-order valence-corrected chi connectivity index (χ1v) is 9.59. The number of carbonyl (C=O) groups excluding carboxylic acids is 1. The summed E-state index contributed by atoms with van der Waals surface area (Å²) in [5, 5.41) is 2.83. The van der Waals surface area contributed by atoms with E-state index in [4.69, 9.17) is 9.15 Å². The normalized spacial score (nSPS) is 14.3. The largest absolute Gasteiger partial charge is 0.441 e. The highest BCUT2D eigenvalue weighted by Crippen LogP contribution is 2.20. The monoisotopic (exact) mass is 397 g/mol. The fourth-order valence-corrected chi connectivity index (χ4v) is 3.39. The molecule has 0 saturated carbocycles. The first-order valence-electron chi connectivity index (χ1n) is 9.59. The number of nitrogens with one attached hydrogen (secondary N) is 2. The van der Waals surface area contributed by atoms with Gasteiger partial charge in [-0.3, -0.25) is 14.6 Å². The first kappa shape index (κ1) is 19.1. The van der Waals surface area contributed by atoms with Crippen LogP contribution in [0.2, 0.25) is 0 Å². The van der Waals surface area contributed by atoms with Crippen molar-refractivity contribution in [2.24, 2.45) is 0 Å². The molecular formula is C20H23N5O4. The zero-order valence-corrected chi connectivity index (χ0v) is 16.4. The third-order valence-corrected chi connectivity index (χ3v) is 4.90. The highest BCUT2D eigenvalue weighted by Gasteiger charge is 2.17. The van der Waals surface area contributed by atoms with Gasteiger partial charge in [0.05, 0.1) is 13.2 Å². The third-order valence-electron chi connectivity index (χ3n) is 4.90. The third kappa shape index (κ3) is 4.29. The number of hydrogen-bond donors (Lipinski definition) is 2. The summed E-state index contributed by atoms with van der Waals surface area (Å²) in [6.07, 6.45) is 0.489. The molecule has 152 valence electrons. The van der Waals surface area contributed by atoms with Crippen molar-refractivity contribution < 1.29 is 13.9 Å². The lowest BCUT2D eigenvalue weighted by Gasteiger charge is -2.27. The van der Waals surface area contributed by atoms with Crippen LogP contribution in [0.5, 0.6) is 0 Å². The zero-order valence-electron chi connectivity index (χ0n) is 16.4. The quantitative estimate of drug-likeness (QED) is 0.676. The number of hydrogen-bond acceptors (Lipinski definition) is 7. The van der Waals surface area contributed by atoms with Gasteiger partial charge in [0, 0.05) is 49.4 Å². The molecule has 2 N–H and O–H groups in total. The van der Waals surface area contributed by atoms with Gasteiger partial charge in [-0.15, -0.1) is 0 Å². The van der Waals surface area contributed by atoms with Crippen LogP contribution in [0.25, 0.3) is 11.1 Å². The average Bonchev–Trinajstić information content (AvgIpc) is 3.07. The van der Waals surface area contributed by atoms with Gasteiger partial charge < -0.3 is 19.4 Å². The molecule has 9 heteroatoms. The summed E-state index contributed by atoms with van der Waals surface area (Å²) < 4.78 is 10.8. The van der Waals surface area contributed by atoms with Crippen molar-refractivity contribution in [3.05, 3.63) is 45.7 Å². The molecule has 1 saturated heterocycles. The summed E-state index contributed by atoms with van der Waals surface area (Å²) in [5.41, 5.74) is 2.96.